The van der Waals surface area contributed by atoms with Gasteiger partial charge in [0.25, 0.3) is 0 Å². The molecule has 164 valence electrons. The molecule has 30 heavy (non-hydrogen) atoms. The second-order valence-electron chi connectivity index (χ2n) is 8.91. The van der Waals surface area contributed by atoms with Gasteiger partial charge in [0.05, 0.1) is 0 Å². The number of alkyl halides is 3. The first-order chi connectivity index (χ1) is 14.1. The summed E-state index contributed by atoms with van der Waals surface area (Å²) < 4.78 is 42.6. The van der Waals surface area contributed by atoms with Crippen LogP contribution in [0.3, 0.4) is 0 Å². The van der Waals surface area contributed by atoms with Crippen molar-refractivity contribution in [2.75, 3.05) is 0 Å². The van der Waals surface area contributed by atoms with Crippen molar-refractivity contribution in [3.8, 4) is 0 Å². The maximum atomic E-state index is 14.2. The van der Waals surface area contributed by atoms with E-state index >= 15 is 0 Å². The summed E-state index contributed by atoms with van der Waals surface area (Å²) >= 11 is 0. The number of benzene rings is 2. The predicted molar refractivity (Wildman–Crippen MR) is 114 cm³/mol. The molecule has 1 saturated heterocycles. The molecule has 1 aliphatic heterocycles. The number of hydrogen-bond donors (Lipinski definition) is 1. The Hall–Kier alpha value is -2.08. The number of hydrogen-bond acceptors (Lipinski definition) is 2. The number of hydrazine groups is 1. The van der Waals surface area contributed by atoms with E-state index in [1.54, 1.807) is 26.0 Å². The SMILES string of the molecule is CCCCCCCc1ccc2c(C(N3NC(=O)CC3(C)C)C(F)(F)F)cccc2c1. The van der Waals surface area contributed by atoms with E-state index in [2.05, 4.69) is 12.3 Å². The molecule has 1 amide bonds. The third-order valence-electron chi connectivity index (χ3n) is 5.90. The van der Waals surface area contributed by atoms with Crippen molar-refractivity contribution in [3.05, 3.63) is 47.5 Å². The van der Waals surface area contributed by atoms with Crippen LogP contribution in [-0.4, -0.2) is 22.6 Å². The van der Waals surface area contributed by atoms with Crippen LogP contribution in [0.1, 0.15) is 76.5 Å². The van der Waals surface area contributed by atoms with Gasteiger partial charge in [-0.05, 0) is 48.6 Å². The molecule has 0 aromatic heterocycles. The van der Waals surface area contributed by atoms with Gasteiger partial charge in [-0.25, -0.2) is 0 Å². The van der Waals surface area contributed by atoms with E-state index in [1.165, 1.54) is 31.7 Å². The minimum Gasteiger partial charge on any atom is -0.287 e. The largest absolute Gasteiger partial charge is 0.409 e. The van der Waals surface area contributed by atoms with Crippen LogP contribution in [0.2, 0.25) is 0 Å². The van der Waals surface area contributed by atoms with Crippen molar-refractivity contribution in [2.24, 2.45) is 0 Å². The lowest BCUT2D eigenvalue weighted by Crippen LogP contribution is -2.51. The summed E-state index contributed by atoms with van der Waals surface area (Å²) in [5.74, 6) is -0.389. The van der Waals surface area contributed by atoms with Gasteiger partial charge in [0.15, 0.2) is 6.04 Å². The lowest BCUT2D eigenvalue weighted by molar-refractivity contribution is -0.203. The average Bonchev–Trinajstić information content (AvgIpc) is 2.92. The van der Waals surface area contributed by atoms with Crippen molar-refractivity contribution >= 4 is 16.7 Å². The summed E-state index contributed by atoms with van der Waals surface area (Å²) in [6.45, 7) is 5.50. The molecule has 1 aliphatic rings. The number of unbranched alkanes of at least 4 members (excludes halogenated alkanes) is 4. The lowest BCUT2D eigenvalue weighted by Gasteiger charge is -2.38. The van der Waals surface area contributed by atoms with Crippen molar-refractivity contribution in [2.45, 2.75) is 83.5 Å². The average molecular weight is 421 g/mol. The number of amides is 1. The highest BCUT2D eigenvalue weighted by Gasteiger charge is 2.53. The molecule has 0 spiro atoms. The third-order valence-corrected chi connectivity index (χ3v) is 5.90. The van der Waals surface area contributed by atoms with E-state index in [1.807, 2.05) is 18.2 Å². The smallest absolute Gasteiger partial charge is 0.287 e. The number of halogens is 3. The van der Waals surface area contributed by atoms with Gasteiger partial charge in [-0.15, -0.1) is 0 Å². The van der Waals surface area contributed by atoms with Crippen LogP contribution in [-0.2, 0) is 11.2 Å². The van der Waals surface area contributed by atoms with Crippen LogP contribution >= 0.6 is 0 Å². The van der Waals surface area contributed by atoms with Gasteiger partial charge in [-0.3, -0.25) is 10.2 Å². The quantitative estimate of drug-likeness (QED) is 0.496. The Morgan fingerprint density at radius 1 is 1.10 bits per heavy atom. The van der Waals surface area contributed by atoms with Crippen molar-refractivity contribution < 1.29 is 18.0 Å². The van der Waals surface area contributed by atoms with Crippen LogP contribution < -0.4 is 5.43 Å². The third kappa shape index (κ3) is 4.97. The number of fused-ring (bicyclic) bond motifs is 1. The summed E-state index contributed by atoms with van der Waals surface area (Å²) in [6, 6.07) is 8.89. The number of nitrogens with zero attached hydrogens (tertiary/aromatic N) is 1. The van der Waals surface area contributed by atoms with Gasteiger partial charge in [0, 0.05) is 12.0 Å². The van der Waals surface area contributed by atoms with Gasteiger partial charge in [-0.1, -0.05) is 69.0 Å². The van der Waals surface area contributed by atoms with Gasteiger partial charge in [0.1, 0.15) is 0 Å². The fourth-order valence-corrected chi connectivity index (χ4v) is 4.36. The summed E-state index contributed by atoms with van der Waals surface area (Å²) in [5, 5.41) is 2.45. The van der Waals surface area contributed by atoms with E-state index in [0.717, 1.165) is 28.8 Å². The highest BCUT2D eigenvalue weighted by atomic mass is 19.4. The number of rotatable bonds is 8. The number of carbonyl (C=O) groups is 1. The molecule has 1 N–H and O–H groups in total. The van der Waals surface area contributed by atoms with Crippen molar-refractivity contribution in [3.63, 3.8) is 0 Å². The van der Waals surface area contributed by atoms with Crippen LogP contribution in [0, 0.1) is 0 Å². The minimum absolute atomic E-state index is 0.0343. The number of aryl methyl sites for hydroxylation is 1. The number of carbonyl (C=O) groups excluding carboxylic acids is 1. The second kappa shape index (κ2) is 8.96. The molecule has 3 nitrogen and oxygen atoms in total. The molecule has 0 radical (unpaired) electrons. The highest BCUT2D eigenvalue weighted by molar-refractivity contribution is 5.87. The van der Waals surface area contributed by atoms with Crippen LogP contribution in [0.4, 0.5) is 13.2 Å². The lowest BCUT2D eigenvalue weighted by atomic mass is 9.92. The van der Waals surface area contributed by atoms with E-state index < -0.39 is 17.8 Å². The molecule has 0 saturated carbocycles. The van der Waals surface area contributed by atoms with Gasteiger partial charge >= 0.3 is 6.18 Å². The molecule has 1 fully saturated rings. The van der Waals surface area contributed by atoms with Gasteiger partial charge in [-0.2, -0.15) is 18.2 Å². The fraction of sp³-hybridized carbons (Fsp3) is 0.542. The zero-order valence-electron chi connectivity index (χ0n) is 18.0. The Morgan fingerprint density at radius 2 is 1.83 bits per heavy atom. The zero-order valence-corrected chi connectivity index (χ0v) is 18.0. The Bertz CT molecular complexity index is 892. The fourth-order valence-electron chi connectivity index (χ4n) is 4.36. The highest BCUT2D eigenvalue weighted by Crippen LogP contribution is 2.44. The normalized spacial score (nSPS) is 18.0. The molecule has 3 rings (SSSR count). The standard InChI is InChI=1S/C24H31F3N2O/c1-4-5-6-7-8-10-17-13-14-19-18(15-17)11-9-12-20(19)22(24(25,26)27)29-23(2,3)16-21(30)28-29/h9,11-15,22H,4-8,10,16H2,1-3H3,(H,28,30). The molecular formula is C24H31F3N2O. The second-order valence-corrected chi connectivity index (χ2v) is 8.91. The maximum Gasteiger partial charge on any atom is 0.409 e. The Balaban J connectivity index is 1.92. The molecule has 2 aromatic carbocycles. The molecule has 2 aromatic rings. The first-order valence-corrected chi connectivity index (χ1v) is 10.8. The molecule has 1 atom stereocenters. The summed E-state index contributed by atoms with van der Waals surface area (Å²) in [4.78, 5) is 11.9. The monoisotopic (exact) mass is 420 g/mol. The summed E-state index contributed by atoms with van der Waals surface area (Å²) in [5.41, 5.74) is 2.83. The van der Waals surface area contributed by atoms with E-state index in [-0.39, 0.29) is 17.9 Å². The van der Waals surface area contributed by atoms with E-state index in [9.17, 15) is 18.0 Å². The van der Waals surface area contributed by atoms with Gasteiger partial charge < -0.3 is 0 Å². The van der Waals surface area contributed by atoms with E-state index in [4.69, 9.17) is 0 Å². The van der Waals surface area contributed by atoms with Crippen LogP contribution in [0.5, 0.6) is 0 Å². The predicted octanol–water partition coefficient (Wildman–Crippen LogP) is 6.47. The van der Waals surface area contributed by atoms with Gasteiger partial charge in [0.2, 0.25) is 5.91 Å². The first-order valence-electron chi connectivity index (χ1n) is 10.8. The summed E-state index contributed by atoms with van der Waals surface area (Å²) in [6.07, 6.45) is 2.36. The summed E-state index contributed by atoms with van der Waals surface area (Å²) in [7, 11) is 0. The Labute approximate surface area is 176 Å². The Morgan fingerprint density at radius 3 is 2.47 bits per heavy atom. The molecule has 1 unspecified atom stereocenters. The minimum atomic E-state index is -4.53. The van der Waals surface area contributed by atoms with Crippen LogP contribution in [0.25, 0.3) is 10.8 Å². The van der Waals surface area contributed by atoms with Crippen molar-refractivity contribution in [1.82, 2.24) is 10.4 Å². The van der Waals surface area contributed by atoms with E-state index in [0.29, 0.717) is 5.39 Å². The Kier molecular flexibility index (Phi) is 6.75. The first kappa shape index (κ1) is 22.6. The van der Waals surface area contributed by atoms with Crippen molar-refractivity contribution in [1.29, 1.82) is 0 Å². The molecular weight excluding hydrogens is 389 g/mol. The molecule has 0 bridgehead atoms. The molecule has 0 aliphatic carbocycles. The number of nitrogens with one attached hydrogen (secondary N) is 1. The van der Waals surface area contributed by atoms with Crippen LogP contribution in [0.15, 0.2) is 36.4 Å². The maximum absolute atomic E-state index is 14.2. The topological polar surface area (TPSA) is 32.3 Å². The zero-order chi connectivity index (χ0) is 21.9. The molecule has 1 heterocycles. The molecule has 6 heteroatoms.